The summed E-state index contributed by atoms with van der Waals surface area (Å²) in [4.78, 5) is 0. The van der Waals surface area contributed by atoms with Gasteiger partial charge in [-0.1, -0.05) is 18.2 Å². The van der Waals surface area contributed by atoms with Gasteiger partial charge in [-0.2, -0.15) is 4.31 Å². The zero-order valence-electron chi connectivity index (χ0n) is 11.4. The molecule has 0 spiro atoms. The van der Waals surface area contributed by atoms with Crippen molar-refractivity contribution in [2.45, 2.75) is 10.3 Å². The fraction of sp³-hybridized carbons (Fsp3) is 0.286. The molecule has 3 rings (SSSR count). The van der Waals surface area contributed by atoms with Gasteiger partial charge in [0.15, 0.2) is 11.5 Å². The highest BCUT2D eigenvalue weighted by Crippen LogP contribution is 2.31. The lowest BCUT2D eigenvalue weighted by Gasteiger charge is -2.29. The van der Waals surface area contributed by atoms with Crippen LogP contribution in [0.1, 0.15) is 0 Å². The summed E-state index contributed by atoms with van der Waals surface area (Å²) in [5.74, 6) is 1.34. The molecule has 1 unspecified atom stereocenters. The second-order valence-electron chi connectivity index (χ2n) is 4.72. The fourth-order valence-corrected chi connectivity index (χ4v) is 4.51. The van der Waals surface area contributed by atoms with Crippen molar-refractivity contribution in [2.24, 2.45) is 0 Å². The van der Waals surface area contributed by atoms with Crippen molar-refractivity contribution in [1.82, 2.24) is 4.31 Å². The molecule has 1 aliphatic heterocycles. The van der Waals surface area contributed by atoms with Crippen LogP contribution >= 0.6 is 11.3 Å². The van der Waals surface area contributed by atoms with Crippen LogP contribution in [0, 0.1) is 0 Å². The normalized spacial score (nSPS) is 17.9. The van der Waals surface area contributed by atoms with Crippen LogP contribution in [0.25, 0.3) is 0 Å². The Morgan fingerprint density at radius 1 is 1.24 bits per heavy atom. The Hall–Kier alpha value is -1.57. The first kappa shape index (κ1) is 14.4. The molecular formula is C14H15NO4S2. The average Bonchev–Trinajstić information content (AvgIpc) is 3.02. The number of rotatable bonds is 4. The molecule has 112 valence electrons. The molecule has 0 N–H and O–H groups in total. The summed E-state index contributed by atoms with van der Waals surface area (Å²) < 4.78 is 37.7. The number of benzene rings is 1. The summed E-state index contributed by atoms with van der Waals surface area (Å²) in [6, 6.07) is 10.7. The summed E-state index contributed by atoms with van der Waals surface area (Å²) in [6.45, 7) is 0.579. The van der Waals surface area contributed by atoms with Gasteiger partial charge in [0.25, 0.3) is 10.0 Å². The maximum Gasteiger partial charge on any atom is 0.252 e. The molecule has 0 saturated carbocycles. The van der Waals surface area contributed by atoms with Gasteiger partial charge in [-0.25, -0.2) is 8.42 Å². The second kappa shape index (κ2) is 5.67. The van der Waals surface area contributed by atoms with E-state index in [9.17, 15) is 8.42 Å². The number of hydrogen-bond acceptors (Lipinski definition) is 5. The van der Waals surface area contributed by atoms with Crippen molar-refractivity contribution in [3.63, 3.8) is 0 Å². The summed E-state index contributed by atoms with van der Waals surface area (Å²) in [6.07, 6.45) is -0.320. The van der Waals surface area contributed by atoms with Crippen LogP contribution in [0.3, 0.4) is 0 Å². The van der Waals surface area contributed by atoms with Crippen LogP contribution in [0.2, 0.25) is 0 Å². The van der Waals surface area contributed by atoms with Crippen molar-refractivity contribution >= 4 is 21.4 Å². The third-order valence-corrected chi connectivity index (χ3v) is 6.38. The number of fused-ring (bicyclic) bond motifs is 1. The SMILES string of the molecule is CN(CC1COc2ccccc2O1)S(=O)(=O)c1cccs1. The standard InChI is InChI=1S/C14H15NO4S2/c1-15(21(16,17)14-7-4-8-20-14)9-11-10-18-12-5-2-3-6-13(12)19-11/h2-8,11H,9-10H2,1H3. The lowest BCUT2D eigenvalue weighted by Crippen LogP contribution is -2.41. The quantitative estimate of drug-likeness (QED) is 0.865. The van der Waals surface area contributed by atoms with E-state index in [4.69, 9.17) is 9.47 Å². The maximum atomic E-state index is 12.4. The summed E-state index contributed by atoms with van der Waals surface area (Å²) in [5.41, 5.74) is 0. The minimum absolute atomic E-state index is 0.245. The number of likely N-dealkylation sites (N-methyl/N-ethyl adjacent to an activating group) is 1. The van der Waals surface area contributed by atoms with Crippen molar-refractivity contribution in [2.75, 3.05) is 20.2 Å². The van der Waals surface area contributed by atoms with Crippen LogP contribution in [0.15, 0.2) is 46.0 Å². The van der Waals surface area contributed by atoms with Crippen LogP contribution in [0.4, 0.5) is 0 Å². The molecule has 1 aromatic heterocycles. The van der Waals surface area contributed by atoms with E-state index in [0.29, 0.717) is 22.3 Å². The van der Waals surface area contributed by atoms with E-state index < -0.39 is 10.0 Å². The molecule has 2 heterocycles. The molecule has 1 aromatic carbocycles. The van der Waals surface area contributed by atoms with E-state index >= 15 is 0 Å². The van der Waals surface area contributed by atoms with Crippen LogP contribution in [0.5, 0.6) is 11.5 Å². The smallest absolute Gasteiger partial charge is 0.252 e. The summed E-state index contributed by atoms with van der Waals surface area (Å²) in [5, 5.41) is 1.75. The highest BCUT2D eigenvalue weighted by Gasteiger charge is 2.28. The molecule has 0 radical (unpaired) electrons. The number of thiophene rings is 1. The number of sulfonamides is 1. The van der Waals surface area contributed by atoms with Crippen molar-refractivity contribution in [3.8, 4) is 11.5 Å². The largest absolute Gasteiger partial charge is 0.486 e. The highest BCUT2D eigenvalue weighted by molar-refractivity contribution is 7.91. The van der Waals surface area contributed by atoms with Crippen molar-refractivity contribution in [1.29, 1.82) is 0 Å². The lowest BCUT2D eigenvalue weighted by atomic mass is 10.2. The first-order valence-electron chi connectivity index (χ1n) is 6.46. The Morgan fingerprint density at radius 3 is 2.71 bits per heavy atom. The van der Waals surface area contributed by atoms with Gasteiger partial charge < -0.3 is 9.47 Å². The van der Waals surface area contributed by atoms with E-state index in [1.807, 2.05) is 24.3 Å². The van der Waals surface area contributed by atoms with Crippen molar-refractivity contribution < 1.29 is 17.9 Å². The number of hydrogen-bond donors (Lipinski definition) is 0. The van der Waals surface area contributed by atoms with Gasteiger partial charge >= 0.3 is 0 Å². The highest BCUT2D eigenvalue weighted by atomic mass is 32.2. The van der Waals surface area contributed by atoms with Gasteiger partial charge in [-0.15, -0.1) is 11.3 Å². The number of para-hydroxylation sites is 2. The third-order valence-electron chi connectivity index (χ3n) is 3.19. The first-order valence-corrected chi connectivity index (χ1v) is 8.77. The maximum absolute atomic E-state index is 12.4. The Morgan fingerprint density at radius 2 is 2.00 bits per heavy atom. The topological polar surface area (TPSA) is 55.8 Å². The molecule has 7 heteroatoms. The van der Waals surface area contributed by atoms with E-state index in [1.165, 1.54) is 15.6 Å². The predicted octanol–water partition coefficient (Wildman–Crippen LogP) is 2.21. The van der Waals surface area contributed by atoms with E-state index in [2.05, 4.69) is 0 Å². The monoisotopic (exact) mass is 325 g/mol. The molecule has 0 amide bonds. The Bertz CT molecular complexity index is 712. The van der Waals surface area contributed by atoms with E-state index in [0.717, 1.165) is 0 Å². The van der Waals surface area contributed by atoms with Gasteiger partial charge in [0.2, 0.25) is 0 Å². The third kappa shape index (κ3) is 2.90. The minimum atomic E-state index is -3.46. The molecule has 0 bridgehead atoms. The molecule has 1 aliphatic rings. The average molecular weight is 325 g/mol. The molecule has 5 nitrogen and oxygen atoms in total. The molecule has 0 fully saturated rings. The minimum Gasteiger partial charge on any atom is -0.486 e. The van der Waals surface area contributed by atoms with Gasteiger partial charge in [-0.3, -0.25) is 0 Å². The van der Waals surface area contributed by atoms with Gasteiger partial charge in [0, 0.05) is 7.05 Å². The molecular weight excluding hydrogens is 310 g/mol. The zero-order valence-corrected chi connectivity index (χ0v) is 13.1. The van der Waals surface area contributed by atoms with Crippen molar-refractivity contribution in [3.05, 3.63) is 41.8 Å². The fourth-order valence-electron chi connectivity index (χ4n) is 2.10. The second-order valence-corrected chi connectivity index (χ2v) is 7.93. The molecule has 0 aliphatic carbocycles. The molecule has 2 aromatic rings. The first-order chi connectivity index (χ1) is 10.1. The predicted molar refractivity (Wildman–Crippen MR) is 80.5 cm³/mol. The number of ether oxygens (including phenoxy) is 2. The Kier molecular flexibility index (Phi) is 3.88. The summed E-state index contributed by atoms with van der Waals surface area (Å²) >= 11 is 1.21. The molecule has 21 heavy (non-hydrogen) atoms. The summed E-state index contributed by atoms with van der Waals surface area (Å²) in [7, 11) is -1.90. The lowest BCUT2D eigenvalue weighted by molar-refractivity contribution is 0.0799. The van der Waals surface area contributed by atoms with Gasteiger partial charge in [0.1, 0.15) is 16.9 Å². The molecule has 1 atom stereocenters. The van der Waals surface area contributed by atoms with Crippen LogP contribution in [-0.4, -0.2) is 39.0 Å². The van der Waals surface area contributed by atoms with E-state index in [1.54, 1.807) is 24.6 Å². The van der Waals surface area contributed by atoms with E-state index in [-0.39, 0.29) is 12.6 Å². The van der Waals surface area contributed by atoms with Crippen LogP contribution < -0.4 is 9.47 Å². The Labute approximate surface area is 127 Å². The molecule has 0 saturated heterocycles. The van der Waals surface area contributed by atoms with Crippen LogP contribution in [-0.2, 0) is 10.0 Å². The van der Waals surface area contributed by atoms with Gasteiger partial charge in [0.05, 0.1) is 6.54 Å². The number of nitrogens with zero attached hydrogens (tertiary/aromatic N) is 1. The van der Waals surface area contributed by atoms with Gasteiger partial charge in [-0.05, 0) is 23.6 Å². The zero-order chi connectivity index (χ0) is 14.9. The Balaban J connectivity index is 1.71.